The molecule has 4 heteroatoms. The fraction of sp³-hybridized carbons (Fsp3) is 0.533. The van der Waals surface area contributed by atoms with Gasteiger partial charge in [-0.3, -0.25) is 0 Å². The molecule has 1 heterocycles. The van der Waals surface area contributed by atoms with Crippen molar-refractivity contribution >= 4 is 23.4 Å². The van der Waals surface area contributed by atoms with Crippen molar-refractivity contribution in [2.24, 2.45) is 0 Å². The standard InChI is InChI=1S/C15H21NO2S/c1-3-8-18-15(17)12-4-6-13(7-5-12)16-14-9-11(2)19-10-14/h4-7,11,14,16H,3,8-10H2,1-2H3. The summed E-state index contributed by atoms with van der Waals surface area (Å²) in [4.78, 5) is 11.7. The molecular weight excluding hydrogens is 258 g/mol. The van der Waals surface area contributed by atoms with Crippen LogP contribution in [0.5, 0.6) is 0 Å². The van der Waals surface area contributed by atoms with Crippen molar-refractivity contribution in [2.75, 3.05) is 17.7 Å². The summed E-state index contributed by atoms with van der Waals surface area (Å²) in [5.41, 5.74) is 1.69. The number of thioether (sulfide) groups is 1. The van der Waals surface area contributed by atoms with Crippen molar-refractivity contribution in [3.05, 3.63) is 29.8 Å². The largest absolute Gasteiger partial charge is 0.462 e. The molecular formula is C15H21NO2S. The summed E-state index contributed by atoms with van der Waals surface area (Å²) in [5, 5.41) is 4.24. The molecule has 1 fully saturated rings. The van der Waals surface area contributed by atoms with Gasteiger partial charge in [0.25, 0.3) is 0 Å². The van der Waals surface area contributed by atoms with Gasteiger partial charge in [0, 0.05) is 22.7 Å². The van der Waals surface area contributed by atoms with Crippen LogP contribution in [0.15, 0.2) is 24.3 Å². The van der Waals surface area contributed by atoms with Crippen LogP contribution in [0.2, 0.25) is 0 Å². The Balaban J connectivity index is 1.89. The third-order valence-electron chi connectivity index (χ3n) is 3.13. The van der Waals surface area contributed by atoms with E-state index in [1.807, 2.05) is 43.0 Å². The highest BCUT2D eigenvalue weighted by atomic mass is 32.2. The van der Waals surface area contributed by atoms with Crippen LogP contribution in [0.4, 0.5) is 5.69 Å². The molecule has 0 bridgehead atoms. The number of rotatable bonds is 5. The van der Waals surface area contributed by atoms with Gasteiger partial charge in [-0.2, -0.15) is 11.8 Å². The van der Waals surface area contributed by atoms with Crippen molar-refractivity contribution in [1.82, 2.24) is 0 Å². The van der Waals surface area contributed by atoms with Crippen molar-refractivity contribution < 1.29 is 9.53 Å². The van der Waals surface area contributed by atoms with Gasteiger partial charge in [-0.1, -0.05) is 13.8 Å². The minimum absolute atomic E-state index is 0.238. The minimum Gasteiger partial charge on any atom is -0.462 e. The van der Waals surface area contributed by atoms with E-state index in [1.54, 1.807) is 0 Å². The quantitative estimate of drug-likeness (QED) is 0.836. The van der Waals surface area contributed by atoms with Gasteiger partial charge < -0.3 is 10.1 Å². The Morgan fingerprint density at radius 3 is 2.74 bits per heavy atom. The van der Waals surface area contributed by atoms with Crippen LogP contribution in [0, 0.1) is 0 Å². The first-order chi connectivity index (χ1) is 9.19. The molecule has 1 aliphatic heterocycles. The van der Waals surface area contributed by atoms with Crippen molar-refractivity contribution in [2.45, 2.75) is 38.0 Å². The summed E-state index contributed by atoms with van der Waals surface area (Å²) in [7, 11) is 0. The molecule has 2 rings (SSSR count). The van der Waals surface area contributed by atoms with E-state index in [1.165, 1.54) is 6.42 Å². The average molecular weight is 279 g/mol. The van der Waals surface area contributed by atoms with E-state index in [0.29, 0.717) is 18.2 Å². The van der Waals surface area contributed by atoms with Gasteiger partial charge in [-0.05, 0) is 37.1 Å². The van der Waals surface area contributed by atoms with Crippen LogP contribution in [-0.4, -0.2) is 29.6 Å². The molecule has 1 N–H and O–H groups in total. The molecule has 0 amide bonds. The molecule has 104 valence electrons. The molecule has 0 aromatic heterocycles. The Bertz CT molecular complexity index is 419. The van der Waals surface area contributed by atoms with E-state index >= 15 is 0 Å². The number of hydrogen-bond acceptors (Lipinski definition) is 4. The lowest BCUT2D eigenvalue weighted by atomic mass is 10.1. The highest BCUT2D eigenvalue weighted by Gasteiger charge is 2.21. The summed E-state index contributed by atoms with van der Waals surface area (Å²) < 4.78 is 5.10. The first-order valence-corrected chi connectivity index (χ1v) is 7.89. The Hall–Kier alpha value is -1.16. The molecule has 19 heavy (non-hydrogen) atoms. The zero-order valence-electron chi connectivity index (χ0n) is 11.5. The maximum Gasteiger partial charge on any atom is 0.338 e. The highest BCUT2D eigenvalue weighted by molar-refractivity contribution is 8.00. The smallest absolute Gasteiger partial charge is 0.338 e. The van der Waals surface area contributed by atoms with Crippen LogP contribution < -0.4 is 5.32 Å². The lowest BCUT2D eigenvalue weighted by Gasteiger charge is -2.13. The fourth-order valence-electron chi connectivity index (χ4n) is 2.13. The summed E-state index contributed by atoms with van der Waals surface area (Å²) in [6.45, 7) is 4.73. The molecule has 0 spiro atoms. The van der Waals surface area contributed by atoms with Gasteiger partial charge in [0.05, 0.1) is 12.2 Å². The highest BCUT2D eigenvalue weighted by Crippen LogP contribution is 2.28. The number of hydrogen-bond donors (Lipinski definition) is 1. The summed E-state index contributed by atoms with van der Waals surface area (Å²) in [6.07, 6.45) is 2.05. The normalized spacial score (nSPS) is 22.2. The lowest BCUT2D eigenvalue weighted by molar-refractivity contribution is 0.0505. The molecule has 1 saturated heterocycles. The molecule has 0 aliphatic carbocycles. The van der Waals surface area contributed by atoms with Crippen molar-refractivity contribution in [3.63, 3.8) is 0 Å². The molecule has 1 aromatic rings. The molecule has 1 aliphatic rings. The van der Waals surface area contributed by atoms with Gasteiger partial charge in [0.2, 0.25) is 0 Å². The van der Waals surface area contributed by atoms with Crippen LogP contribution in [0.25, 0.3) is 0 Å². The third-order valence-corrected chi connectivity index (χ3v) is 4.48. The topological polar surface area (TPSA) is 38.3 Å². The van der Waals surface area contributed by atoms with E-state index < -0.39 is 0 Å². The van der Waals surface area contributed by atoms with Crippen molar-refractivity contribution in [3.8, 4) is 0 Å². The number of nitrogens with one attached hydrogen (secondary N) is 1. The molecule has 2 unspecified atom stereocenters. The minimum atomic E-state index is -0.238. The predicted molar refractivity (Wildman–Crippen MR) is 81.0 cm³/mol. The van der Waals surface area contributed by atoms with Gasteiger partial charge >= 0.3 is 5.97 Å². The second-order valence-electron chi connectivity index (χ2n) is 4.93. The van der Waals surface area contributed by atoms with Crippen LogP contribution in [0.1, 0.15) is 37.0 Å². The zero-order chi connectivity index (χ0) is 13.7. The molecule has 2 atom stereocenters. The van der Waals surface area contributed by atoms with E-state index in [-0.39, 0.29) is 5.97 Å². The zero-order valence-corrected chi connectivity index (χ0v) is 12.3. The number of anilines is 1. The summed E-state index contributed by atoms with van der Waals surface area (Å²) in [6, 6.07) is 8.10. The second-order valence-corrected chi connectivity index (χ2v) is 6.41. The number of esters is 1. The Kier molecular flexibility index (Phi) is 5.14. The molecule has 3 nitrogen and oxygen atoms in total. The Morgan fingerprint density at radius 2 is 2.16 bits per heavy atom. The van der Waals surface area contributed by atoms with E-state index in [0.717, 1.165) is 23.1 Å². The average Bonchev–Trinajstić information content (AvgIpc) is 2.82. The van der Waals surface area contributed by atoms with Crippen LogP contribution in [0.3, 0.4) is 0 Å². The van der Waals surface area contributed by atoms with E-state index in [9.17, 15) is 4.79 Å². The van der Waals surface area contributed by atoms with E-state index in [2.05, 4.69) is 12.2 Å². The molecule has 0 radical (unpaired) electrons. The number of ether oxygens (including phenoxy) is 1. The monoisotopic (exact) mass is 279 g/mol. The fourth-order valence-corrected chi connectivity index (χ4v) is 3.28. The third kappa shape index (κ3) is 4.16. The van der Waals surface area contributed by atoms with Gasteiger partial charge in [0.15, 0.2) is 0 Å². The van der Waals surface area contributed by atoms with Crippen molar-refractivity contribution in [1.29, 1.82) is 0 Å². The van der Waals surface area contributed by atoms with Crippen LogP contribution >= 0.6 is 11.8 Å². The maximum atomic E-state index is 11.7. The second kappa shape index (κ2) is 6.85. The number of benzene rings is 1. The van der Waals surface area contributed by atoms with Gasteiger partial charge in [-0.15, -0.1) is 0 Å². The van der Waals surface area contributed by atoms with Crippen LogP contribution in [-0.2, 0) is 4.74 Å². The predicted octanol–water partition coefficient (Wildman–Crippen LogP) is 3.56. The Morgan fingerprint density at radius 1 is 1.42 bits per heavy atom. The summed E-state index contributed by atoms with van der Waals surface area (Å²) >= 11 is 2.01. The lowest BCUT2D eigenvalue weighted by Crippen LogP contribution is -2.18. The molecule has 0 saturated carbocycles. The van der Waals surface area contributed by atoms with E-state index in [4.69, 9.17) is 4.74 Å². The first-order valence-electron chi connectivity index (χ1n) is 6.84. The maximum absolute atomic E-state index is 11.7. The number of carbonyl (C=O) groups excluding carboxylic acids is 1. The molecule has 1 aromatic carbocycles. The van der Waals surface area contributed by atoms with Gasteiger partial charge in [0.1, 0.15) is 0 Å². The summed E-state index contributed by atoms with van der Waals surface area (Å²) in [5.74, 6) is 0.917. The van der Waals surface area contributed by atoms with Gasteiger partial charge in [-0.25, -0.2) is 4.79 Å². The first kappa shape index (κ1) is 14.3. The SMILES string of the molecule is CCCOC(=O)c1ccc(NC2CSC(C)C2)cc1. The Labute approximate surface area is 119 Å². The number of carbonyl (C=O) groups is 1.